The van der Waals surface area contributed by atoms with Crippen molar-refractivity contribution in [2.75, 3.05) is 28.4 Å². The predicted octanol–water partition coefficient (Wildman–Crippen LogP) is 5.29. The Hall–Kier alpha value is -7.74. The zero-order valence-electron chi connectivity index (χ0n) is 40.6. The molecular weight excluding hydrogens is 979 g/mol. The maximum absolute atomic E-state index is 13.4. The highest BCUT2D eigenvalue weighted by atomic mass is 32.2. The van der Waals surface area contributed by atoms with E-state index in [1.165, 1.54) is 28.4 Å². The number of halogens is 2. The molecule has 8 aromatic rings. The van der Waals surface area contributed by atoms with Crippen molar-refractivity contribution in [3.63, 3.8) is 0 Å². The molecule has 72 heavy (non-hydrogen) atoms. The van der Waals surface area contributed by atoms with E-state index in [0.29, 0.717) is 70.5 Å². The average Bonchev–Trinajstić information content (AvgIpc) is 4.22. The molecule has 0 aliphatic carbocycles. The number of nitrogens with zero attached hydrogens (tertiary/aromatic N) is 14. The van der Waals surface area contributed by atoms with Crippen molar-refractivity contribution in [3.8, 4) is 57.4 Å². The lowest BCUT2D eigenvalue weighted by Gasteiger charge is -2.18. The topological polar surface area (TPSA) is 254 Å². The van der Waals surface area contributed by atoms with E-state index in [1.807, 2.05) is 13.8 Å². The minimum atomic E-state index is -3.76. The Labute approximate surface area is 413 Å². The average molecular weight is 1030 g/mol. The molecule has 2 aromatic carbocycles. The lowest BCUT2D eigenvalue weighted by atomic mass is 10.2. The van der Waals surface area contributed by atoms with Crippen LogP contribution in [0.1, 0.15) is 51.0 Å². The van der Waals surface area contributed by atoms with Gasteiger partial charge in [0.1, 0.15) is 68.9 Å². The standard InChI is InChI=1S/2C23H26FN7O4S/c2*1-5-30-10-9-17(29-30)23-28-27-21(31(23)22-18(34-3)7-6-8-19(22)35-4)14-36(32,33)15(2)11-20-25-12-16(24)13-26-20/h2*6-10,12-13,15H,5,11,14H2,1-4H3/t2*15-/m10/s1. The van der Waals surface area contributed by atoms with E-state index in [-0.39, 0.29) is 36.1 Å². The number of aromatic nitrogens is 14. The molecule has 0 aliphatic rings. The van der Waals surface area contributed by atoms with Crippen molar-refractivity contribution in [3.05, 3.63) is 121 Å². The van der Waals surface area contributed by atoms with Gasteiger partial charge in [0.15, 0.2) is 54.6 Å². The van der Waals surface area contributed by atoms with Gasteiger partial charge in [-0.1, -0.05) is 12.1 Å². The molecule has 0 N–H and O–H groups in total. The molecule has 22 nitrogen and oxygen atoms in total. The fourth-order valence-electron chi connectivity index (χ4n) is 7.34. The summed E-state index contributed by atoms with van der Waals surface area (Å²) in [5, 5.41) is 24.4. The Bertz CT molecular complexity index is 3080. The van der Waals surface area contributed by atoms with Crippen LogP contribution in [0.5, 0.6) is 23.0 Å². The smallest absolute Gasteiger partial charge is 0.189 e. The van der Waals surface area contributed by atoms with E-state index < -0.39 is 53.3 Å². The van der Waals surface area contributed by atoms with Crippen molar-refractivity contribution in [2.45, 2.75) is 75.6 Å². The van der Waals surface area contributed by atoms with Crippen LogP contribution in [-0.2, 0) is 57.1 Å². The molecule has 0 spiro atoms. The fraction of sp³-hybridized carbons (Fsp3) is 0.348. The Kier molecular flexibility index (Phi) is 16.3. The molecule has 0 amide bonds. The lowest BCUT2D eigenvalue weighted by Crippen LogP contribution is -2.24. The number of sulfone groups is 2. The molecule has 0 fully saturated rings. The molecule has 380 valence electrons. The minimum Gasteiger partial charge on any atom is -0.494 e. The van der Waals surface area contributed by atoms with Crippen LogP contribution in [0, 0.1) is 11.6 Å². The molecule has 6 heterocycles. The van der Waals surface area contributed by atoms with Crippen LogP contribution in [0.15, 0.2) is 85.7 Å². The second-order valence-corrected chi connectivity index (χ2v) is 20.8. The summed E-state index contributed by atoms with van der Waals surface area (Å²) in [6.45, 7) is 8.31. The molecular formula is C46H52F2N14O8S2. The van der Waals surface area contributed by atoms with Crippen LogP contribution < -0.4 is 18.9 Å². The third kappa shape index (κ3) is 11.5. The molecule has 0 unspecified atom stereocenters. The molecule has 0 saturated heterocycles. The highest BCUT2D eigenvalue weighted by Gasteiger charge is 2.32. The van der Waals surface area contributed by atoms with E-state index in [4.69, 9.17) is 18.9 Å². The summed E-state index contributed by atoms with van der Waals surface area (Å²) < 4.78 is 109. The largest absolute Gasteiger partial charge is 0.494 e. The quantitative estimate of drug-likeness (QED) is 0.0940. The van der Waals surface area contributed by atoms with E-state index in [0.717, 1.165) is 24.8 Å². The molecule has 0 aliphatic heterocycles. The van der Waals surface area contributed by atoms with Crippen LogP contribution in [0.25, 0.3) is 34.4 Å². The van der Waals surface area contributed by atoms with Crippen LogP contribution in [-0.4, -0.2) is 125 Å². The summed E-state index contributed by atoms with van der Waals surface area (Å²) in [7, 11) is -1.49. The molecule has 26 heteroatoms. The zero-order valence-corrected chi connectivity index (χ0v) is 42.2. The molecule has 8 rings (SSSR count). The Morgan fingerprint density at radius 2 is 0.861 bits per heavy atom. The van der Waals surface area contributed by atoms with E-state index in [9.17, 15) is 25.6 Å². The van der Waals surface area contributed by atoms with Gasteiger partial charge in [0.2, 0.25) is 0 Å². The van der Waals surface area contributed by atoms with Crippen molar-refractivity contribution in [1.82, 2.24) is 69.0 Å². The summed E-state index contributed by atoms with van der Waals surface area (Å²) in [5.74, 6) is 1.17. The SMILES string of the molecule is CCn1ccc(-c2nnc(CS(=O)(=O)[C@@H](C)Cc3ncc(F)cn3)n2-c2c(OC)cccc2OC)n1.CCn1ccc(-c2nnc(CS(=O)(=O)[C@H](C)Cc3ncc(F)cn3)n2-c2c(OC)cccc2OC)n1. The number of ether oxygens (including phenoxy) is 4. The van der Waals surface area contributed by atoms with Gasteiger partial charge in [-0.2, -0.15) is 10.2 Å². The van der Waals surface area contributed by atoms with Gasteiger partial charge in [-0.25, -0.2) is 45.6 Å². The second kappa shape index (κ2) is 22.6. The maximum atomic E-state index is 13.4. The number of rotatable bonds is 20. The van der Waals surface area contributed by atoms with Crippen LogP contribution >= 0.6 is 0 Å². The first-order valence-corrected chi connectivity index (χ1v) is 25.7. The summed E-state index contributed by atoms with van der Waals surface area (Å²) in [6, 6.07) is 14.0. The van der Waals surface area contributed by atoms with Gasteiger partial charge in [0.25, 0.3) is 0 Å². The molecule has 0 bridgehead atoms. The van der Waals surface area contributed by atoms with Crippen LogP contribution in [0.4, 0.5) is 8.78 Å². The number of para-hydroxylation sites is 2. The van der Waals surface area contributed by atoms with Crippen LogP contribution in [0.2, 0.25) is 0 Å². The van der Waals surface area contributed by atoms with E-state index in [2.05, 4.69) is 50.5 Å². The van der Waals surface area contributed by atoms with Gasteiger partial charge in [-0.05, 0) is 64.1 Å². The summed E-state index contributed by atoms with van der Waals surface area (Å²) in [5.41, 5.74) is 1.92. The highest BCUT2D eigenvalue weighted by molar-refractivity contribution is 7.91. The molecule has 6 aromatic heterocycles. The van der Waals surface area contributed by atoms with Crippen LogP contribution in [0.3, 0.4) is 0 Å². The Morgan fingerprint density at radius 1 is 0.528 bits per heavy atom. The van der Waals surface area contributed by atoms with Gasteiger partial charge < -0.3 is 18.9 Å². The Morgan fingerprint density at radius 3 is 1.15 bits per heavy atom. The number of hydrogen-bond acceptors (Lipinski definition) is 18. The number of aryl methyl sites for hydroxylation is 2. The predicted molar refractivity (Wildman–Crippen MR) is 258 cm³/mol. The van der Waals surface area contributed by atoms with Gasteiger partial charge in [-0.3, -0.25) is 18.5 Å². The van der Waals surface area contributed by atoms with Gasteiger partial charge in [-0.15, -0.1) is 20.4 Å². The minimum absolute atomic E-state index is 0.0164. The first-order valence-electron chi connectivity index (χ1n) is 22.3. The Balaban J connectivity index is 0.000000211. The van der Waals surface area contributed by atoms with Gasteiger partial charge in [0.05, 0.1) is 63.7 Å². The van der Waals surface area contributed by atoms with E-state index >= 15 is 0 Å². The lowest BCUT2D eigenvalue weighted by molar-refractivity contribution is 0.390. The first kappa shape index (κ1) is 52.1. The zero-order chi connectivity index (χ0) is 51.7. The van der Waals surface area contributed by atoms with Gasteiger partial charge >= 0.3 is 0 Å². The van der Waals surface area contributed by atoms with E-state index in [1.54, 1.807) is 93.3 Å². The fourth-order valence-corrected chi connectivity index (χ4v) is 9.81. The summed E-state index contributed by atoms with van der Waals surface area (Å²) >= 11 is 0. The van der Waals surface area contributed by atoms with Crippen molar-refractivity contribution < 1.29 is 44.6 Å². The van der Waals surface area contributed by atoms with Crippen molar-refractivity contribution in [1.29, 1.82) is 0 Å². The molecule has 2 atom stereocenters. The van der Waals surface area contributed by atoms with Crippen molar-refractivity contribution in [2.24, 2.45) is 0 Å². The highest BCUT2D eigenvalue weighted by Crippen LogP contribution is 2.38. The number of hydrogen-bond donors (Lipinski definition) is 0. The molecule has 0 radical (unpaired) electrons. The monoisotopic (exact) mass is 1030 g/mol. The third-order valence-electron chi connectivity index (χ3n) is 11.3. The third-order valence-corrected chi connectivity index (χ3v) is 15.4. The normalized spacial score (nSPS) is 12.5. The number of benzene rings is 2. The van der Waals surface area contributed by atoms with Crippen molar-refractivity contribution >= 4 is 19.7 Å². The summed E-state index contributed by atoms with van der Waals surface area (Å²) in [6.07, 6.45) is 7.67. The molecule has 0 saturated carbocycles. The number of methoxy groups -OCH3 is 4. The second-order valence-electron chi connectivity index (χ2n) is 16.0. The first-order chi connectivity index (χ1) is 34.5. The summed E-state index contributed by atoms with van der Waals surface area (Å²) in [4.78, 5) is 15.5. The maximum Gasteiger partial charge on any atom is 0.189 e. The van der Waals surface area contributed by atoms with Gasteiger partial charge in [0, 0.05) is 38.3 Å².